The summed E-state index contributed by atoms with van der Waals surface area (Å²) in [6.45, 7) is 1.97. The molecule has 0 radical (unpaired) electrons. The van der Waals surface area contributed by atoms with E-state index in [1.165, 1.54) is 5.56 Å². The molecule has 0 saturated carbocycles. The molecule has 2 atom stereocenters. The zero-order chi connectivity index (χ0) is 19.9. The fraction of sp³-hybridized carbons (Fsp3) is 0.333. The lowest BCUT2D eigenvalue weighted by molar-refractivity contribution is 0.0928. The summed E-state index contributed by atoms with van der Waals surface area (Å²) in [7, 11) is 0. The summed E-state index contributed by atoms with van der Waals surface area (Å²) >= 11 is 0. The molecule has 2 aromatic carbocycles. The van der Waals surface area contributed by atoms with Crippen molar-refractivity contribution in [3.63, 3.8) is 0 Å². The number of hydrogen-bond acceptors (Lipinski definition) is 3. The van der Waals surface area contributed by atoms with E-state index in [0.29, 0.717) is 11.7 Å². The Labute approximate surface area is 172 Å². The summed E-state index contributed by atoms with van der Waals surface area (Å²) in [5.41, 5.74) is 2.88. The van der Waals surface area contributed by atoms with Crippen LogP contribution in [-0.4, -0.2) is 28.8 Å². The van der Waals surface area contributed by atoms with E-state index in [1.807, 2.05) is 41.2 Å². The lowest BCUT2D eigenvalue weighted by atomic mass is 9.99. The average molecular weight is 389 g/mol. The van der Waals surface area contributed by atoms with Gasteiger partial charge in [0.25, 0.3) is 5.91 Å². The van der Waals surface area contributed by atoms with E-state index in [2.05, 4.69) is 52.1 Å². The smallest absolute Gasteiger partial charge is 0.272 e. The zero-order valence-electron chi connectivity index (χ0n) is 16.6. The van der Waals surface area contributed by atoms with Gasteiger partial charge in [-0.2, -0.15) is 5.10 Å². The van der Waals surface area contributed by atoms with Crippen LogP contribution < -0.4 is 10.6 Å². The SMILES string of the molecule is O=C(NC(CCc1ccccc1)c1ccccc1)c1ccn(C2CCCNC2)n1. The normalized spacial score (nSPS) is 17.6. The molecule has 29 heavy (non-hydrogen) atoms. The summed E-state index contributed by atoms with van der Waals surface area (Å²) in [5, 5.41) is 11.2. The number of nitrogens with one attached hydrogen (secondary N) is 2. The predicted molar refractivity (Wildman–Crippen MR) is 115 cm³/mol. The summed E-state index contributed by atoms with van der Waals surface area (Å²) in [5.74, 6) is -0.116. The predicted octanol–water partition coefficient (Wildman–Crippen LogP) is 3.91. The van der Waals surface area contributed by atoms with Crippen molar-refractivity contribution in [3.8, 4) is 0 Å². The number of nitrogens with zero attached hydrogens (tertiary/aromatic N) is 2. The van der Waals surface area contributed by atoms with Gasteiger partial charge in [-0.3, -0.25) is 9.48 Å². The van der Waals surface area contributed by atoms with Crippen LogP contribution in [0.15, 0.2) is 72.9 Å². The van der Waals surface area contributed by atoms with Crippen LogP contribution in [0.3, 0.4) is 0 Å². The molecule has 2 N–H and O–H groups in total. The first-order valence-corrected chi connectivity index (χ1v) is 10.5. The highest BCUT2D eigenvalue weighted by Gasteiger charge is 2.20. The molecule has 1 aromatic heterocycles. The number of aryl methyl sites for hydroxylation is 1. The van der Waals surface area contributed by atoms with Gasteiger partial charge in [0, 0.05) is 12.7 Å². The van der Waals surface area contributed by atoms with Crippen molar-refractivity contribution in [2.45, 2.75) is 37.8 Å². The number of benzene rings is 2. The van der Waals surface area contributed by atoms with Gasteiger partial charge in [-0.05, 0) is 49.4 Å². The second-order valence-corrected chi connectivity index (χ2v) is 7.64. The first-order chi connectivity index (χ1) is 14.3. The van der Waals surface area contributed by atoms with Gasteiger partial charge in [0.2, 0.25) is 0 Å². The van der Waals surface area contributed by atoms with E-state index in [-0.39, 0.29) is 11.9 Å². The maximum atomic E-state index is 12.9. The Balaban J connectivity index is 1.45. The van der Waals surface area contributed by atoms with Crippen molar-refractivity contribution in [2.24, 2.45) is 0 Å². The van der Waals surface area contributed by atoms with Gasteiger partial charge in [0.05, 0.1) is 12.1 Å². The number of piperidine rings is 1. The van der Waals surface area contributed by atoms with Crippen molar-refractivity contribution >= 4 is 5.91 Å². The molecule has 4 rings (SSSR count). The van der Waals surface area contributed by atoms with Gasteiger partial charge >= 0.3 is 0 Å². The van der Waals surface area contributed by atoms with Crippen LogP contribution in [-0.2, 0) is 6.42 Å². The number of carbonyl (C=O) groups is 1. The summed E-state index contributed by atoms with van der Waals surface area (Å²) in [4.78, 5) is 12.9. The molecule has 0 spiro atoms. The highest BCUT2D eigenvalue weighted by molar-refractivity contribution is 5.92. The van der Waals surface area contributed by atoms with E-state index in [4.69, 9.17) is 0 Å². The Morgan fingerprint density at radius 3 is 2.59 bits per heavy atom. The van der Waals surface area contributed by atoms with Gasteiger partial charge < -0.3 is 10.6 Å². The lowest BCUT2D eigenvalue weighted by Gasteiger charge is -2.23. The first kappa shape index (κ1) is 19.4. The molecular weight excluding hydrogens is 360 g/mol. The van der Waals surface area contributed by atoms with Crippen LogP contribution in [0.2, 0.25) is 0 Å². The Morgan fingerprint density at radius 1 is 1.10 bits per heavy atom. The molecule has 1 saturated heterocycles. The maximum absolute atomic E-state index is 12.9. The summed E-state index contributed by atoms with van der Waals surface area (Å²) in [6, 6.07) is 22.7. The van der Waals surface area contributed by atoms with Gasteiger partial charge in [-0.15, -0.1) is 0 Å². The van der Waals surface area contributed by atoms with Crippen molar-refractivity contribution in [3.05, 3.63) is 89.7 Å². The maximum Gasteiger partial charge on any atom is 0.272 e. The fourth-order valence-corrected chi connectivity index (χ4v) is 3.92. The molecule has 1 aliphatic heterocycles. The van der Waals surface area contributed by atoms with E-state index in [1.54, 1.807) is 0 Å². The number of amides is 1. The molecule has 5 heteroatoms. The number of carbonyl (C=O) groups excluding carboxylic acids is 1. The Morgan fingerprint density at radius 2 is 1.86 bits per heavy atom. The number of aromatic nitrogens is 2. The van der Waals surface area contributed by atoms with Crippen LogP contribution >= 0.6 is 0 Å². The van der Waals surface area contributed by atoms with Gasteiger partial charge in [0.1, 0.15) is 5.69 Å². The summed E-state index contributed by atoms with van der Waals surface area (Å²) < 4.78 is 1.93. The van der Waals surface area contributed by atoms with Crippen LogP contribution in [0.5, 0.6) is 0 Å². The van der Waals surface area contributed by atoms with Gasteiger partial charge in [-0.1, -0.05) is 60.7 Å². The number of hydrogen-bond donors (Lipinski definition) is 2. The second-order valence-electron chi connectivity index (χ2n) is 7.64. The third kappa shape index (κ3) is 5.12. The van der Waals surface area contributed by atoms with E-state index in [0.717, 1.165) is 44.3 Å². The largest absolute Gasteiger partial charge is 0.344 e. The molecule has 150 valence electrons. The molecule has 3 aromatic rings. The van der Waals surface area contributed by atoms with Gasteiger partial charge in [-0.25, -0.2) is 0 Å². The third-order valence-electron chi connectivity index (χ3n) is 5.56. The van der Waals surface area contributed by atoms with E-state index in [9.17, 15) is 4.79 Å². The highest BCUT2D eigenvalue weighted by atomic mass is 16.2. The minimum atomic E-state index is -0.116. The molecule has 1 fully saturated rings. The topological polar surface area (TPSA) is 59.0 Å². The Hall–Kier alpha value is -2.92. The molecule has 0 bridgehead atoms. The standard InChI is InChI=1S/C24H28N4O/c29-24(23-15-17-28(27-23)21-12-7-16-25-18-21)26-22(20-10-5-2-6-11-20)14-13-19-8-3-1-4-9-19/h1-6,8-11,15,17,21-22,25H,7,12-14,16,18H2,(H,26,29). The molecule has 2 heterocycles. The number of rotatable bonds is 7. The zero-order valence-corrected chi connectivity index (χ0v) is 16.6. The Bertz CT molecular complexity index is 901. The molecular formula is C24H28N4O. The second kappa shape index (κ2) is 9.52. The monoisotopic (exact) mass is 388 g/mol. The highest BCUT2D eigenvalue weighted by Crippen LogP contribution is 2.21. The van der Waals surface area contributed by atoms with Crippen molar-refractivity contribution < 1.29 is 4.79 Å². The molecule has 1 amide bonds. The Kier molecular flexibility index (Phi) is 6.37. The minimum absolute atomic E-state index is 0.0506. The van der Waals surface area contributed by atoms with Crippen molar-refractivity contribution in [1.29, 1.82) is 0 Å². The third-order valence-corrected chi connectivity index (χ3v) is 5.56. The van der Waals surface area contributed by atoms with Crippen molar-refractivity contribution in [1.82, 2.24) is 20.4 Å². The van der Waals surface area contributed by atoms with E-state index >= 15 is 0 Å². The van der Waals surface area contributed by atoms with Crippen LogP contribution in [0.4, 0.5) is 0 Å². The van der Waals surface area contributed by atoms with Crippen LogP contribution in [0, 0.1) is 0 Å². The average Bonchev–Trinajstić information content (AvgIpc) is 3.29. The van der Waals surface area contributed by atoms with Gasteiger partial charge in [0.15, 0.2) is 0 Å². The van der Waals surface area contributed by atoms with Crippen LogP contribution in [0.1, 0.15) is 53.0 Å². The molecule has 1 aliphatic rings. The van der Waals surface area contributed by atoms with E-state index < -0.39 is 0 Å². The lowest BCUT2D eigenvalue weighted by Crippen LogP contribution is -2.32. The molecule has 5 nitrogen and oxygen atoms in total. The molecule has 2 unspecified atom stereocenters. The first-order valence-electron chi connectivity index (χ1n) is 10.5. The van der Waals surface area contributed by atoms with Crippen LogP contribution in [0.25, 0.3) is 0 Å². The van der Waals surface area contributed by atoms with Crippen molar-refractivity contribution in [2.75, 3.05) is 13.1 Å². The fourth-order valence-electron chi connectivity index (χ4n) is 3.92. The summed E-state index contributed by atoms with van der Waals surface area (Å²) in [6.07, 6.45) is 5.91. The molecule has 0 aliphatic carbocycles. The quantitative estimate of drug-likeness (QED) is 0.645. The minimum Gasteiger partial charge on any atom is -0.344 e.